The van der Waals surface area contributed by atoms with E-state index in [0.29, 0.717) is 0 Å². The molecule has 5 heteroatoms. The zero-order valence-corrected chi connectivity index (χ0v) is 12.3. The van der Waals surface area contributed by atoms with E-state index in [2.05, 4.69) is 27.9 Å². The number of nitrogens with zero attached hydrogens (tertiary/aromatic N) is 3. The highest BCUT2D eigenvalue weighted by Gasteiger charge is 2.11. The molecule has 20 heavy (non-hydrogen) atoms. The predicted molar refractivity (Wildman–Crippen MR) is 85.1 cm³/mol. The lowest BCUT2D eigenvalue weighted by Crippen LogP contribution is -2.17. The minimum Gasteiger partial charge on any atom is -0.399 e. The van der Waals surface area contributed by atoms with Crippen LogP contribution in [-0.2, 0) is 6.54 Å². The number of aryl methyl sites for hydroxylation is 1. The molecule has 0 unspecified atom stereocenters. The van der Waals surface area contributed by atoms with Crippen LogP contribution in [0.4, 0.5) is 11.5 Å². The summed E-state index contributed by atoms with van der Waals surface area (Å²) in [6, 6.07) is 10.1. The molecule has 3 aromatic rings. The third-order valence-electron chi connectivity index (χ3n) is 3.19. The molecule has 0 bridgehead atoms. The largest absolute Gasteiger partial charge is 0.399 e. The Labute approximate surface area is 121 Å². The Morgan fingerprint density at radius 1 is 1.20 bits per heavy atom. The molecule has 0 aliphatic heterocycles. The molecule has 0 atom stereocenters. The van der Waals surface area contributed by atoms with Crippen LogP contribution in [0.3, 0.4) is 0 Å². The normalized spacial score (nSPS) is 10.9. The van der Waals surface area contributed by atoms with Crippen molar-refractivity contribution in [3.8, 4) is 0 Å². The summed E-state index contributed by atoms with van der Waals surface area (Å²) < 4.78 is 0. The molecule has 3 rings (SSSR count). The summed E-state index contributed by atoms with van der Waals surface area (Å²) >= 11 is 1.70. The first-order chi connectivity index (χ1) is 9.63. The van der Waals surface area contributed by atoms with E-state index < -0.39 is 0 Å². The van der Waals surface area contributed by atoms with Crippen LogP contribution in [0.25, 0.3) is 10.2 Å². The zero-order chi connectivity index (χ0) is 14.1. The highest BCUT2D eigenvalue weighted by atomic mass is 32.1. The summed E-state index contributed by atoms with van der Waals surface area (Å²) in [4.78, 5) is 13.2. The average molecular weight is 284 g/mol. The molecule has 102 valence electrons. The fraction of sp³-hybridized carbons (Fsp3) is 0.200. The second-order valence-electron chi connectivity index (χ2n) is 4.87. The van der Waals surface area contributed by atoms with Gasteiger partial charge in [0.05, 0.1) is 5.39 Å². The Morgan fingerprint density at radius 2 is 1.95 bits per heavy atom. The number of anilines is 2. The number of hydrogen-bond acceptors (Lipinski definition) is 5. The number of fused-ring (bicyclic) bond motifs is 1. The van der Waals surface area contributed by atoms with Gasteiger partial charge in [-0.25, -0.2) is 9.97 Å². The van der Waals surface area contributed by atoms with Gasteiger partial charge in [-0.3, -0.25) is 0 Å². The first-order valence-corrected chi connectivity index (χ1v) is 7.22. The molecule has 0 radical (unpaired) electrons. The van der Waals surface area contributed by atoms with Crippen molar-refractivity contribution in [3.05, 3.63) is 47.1 Å². The molecule has 2 aromatic heterocycles. The molecule has 0 amide bonds. The fourth-order valence-corrected chi connectivity index (χ4v) is 3.08. The van der Waals surface area contributed by atoms with Gasteiger partial charge >= 0.3 is 0 Å². The van der Waals surface area contributed by atoms with Crippen LogP contribution < -0.4 is 10.6 Å². The number of nitrogen functional groups attached to an aromatic ring is 1. The molecule has 2 N–H and O–H groups in total. The van der Waals surface area contributed by atoms with Crippen LogP contribution in [0.5, 0.6) is 0 Å². The van der Waals surface area contributed by atoms with Crippen molar-refractivity contribution < 1.29 is 0 Å². The van der Waals surface area contributed by atoms with Crippen LogP contribution >= 0.6 is 11.3 Å². The van der Waals surface area contributed by atoms with Crippen LogP contribution in [0.1, 0.15) is 10.4 Å². The minimum atomic E-state index is 0.786. The van der Waals surface area contributed by atoms with Crippen LogP contribution in [0, 0.1) is 6.92 Å². The Bertz CT molecular complexity index is 733. The summed E-state index contributed by atoms with van der Waals surface area (Å²) in [5.41, 5.74) is 7.71. The maximum absolute atomic E-state index is 5.71. The Balaban J connectivity index is 1.92. The molecule has 0 saturated heterocycles. The van der Waals surface area contributed by atoms with Gasteiger partial charge in [0.15, 0.2) is 0 Å². The molecular weight excluding hydrogens is 268 g/mol. The Morgan fingerprint density at radius 3 is 2.70 bits per heavy atom. The van der Waals surface area contributed by atoms with E-state index in [9.17, 15) is 0 Å². The molecule has 0 aliphatic rings. The number of nitrogens with two attached hydrogens (primary N) is 1. The van der Waals surface area contributed by atoms with Gasteiger partial charge in [-0.2, -0.15) is 0 Å². The van der Waals surface area contributed by atoms with E-state index in [1.165, 1.54) is 10.4 Å². The lowest BCUT2D eigenvalue weighted by Gasteiger charge is -2.18. The van der Waals surface area contributed by atoms with E-state index in [-0.39, 0.29) is 0 Å². The summed E-state index contributed by atoms with van der Waals surface area (Å²) in [5, 5.41) is 1.12. The molecule has 0 aliphatic carbocycles. The van der Waals surface area contributed by atoms with Crippen molar-refractivity contribution in [2.45, 2.75) is 13.5 Å². The number of thiophene rings is 1. The van der Waals surface area contributed by atoms with Crippen LogP contribution in [-0.4, -0.2) is 17.0 Å². The molecule has 0 spiro atoms. The van der Waals surface area contributed by atoms with Gasteiger partial charge in [-0.1, -0.05) is 12.1 Å². The number of hydrogen-bond donors (Lipinski definition) is 1. The molecule has 1 aromatic carbocycles. The Hall–Kier alpha value is -2.14. The van der Waals surface area contributed by atoms with Crippen molar-refractivity contribution in [2.75, 3.05) is 17.7 Å². The van der Waals surface area contributed by atoms with Crippen molar-refractivity contribution in [1.82, 2.24) is 9.97 Å². The minimum absolute atomic E-state index is 0.786. The van der Waals surface area contributed by atoms with E-state index in [4.69, 9.17) is 5.73 Å². The van der Waals surface area contributed by atoms with Gasteiger partial charge in [0, 0.05) is 24.2 Å². The van der Waals surface area contributed by atoms with Gasteiger partial charge in [0.25, 0.3) is 0 Å². The number of benzene rings is 1. The van der Waals surface area contributed by atoms with E-state index >= 15 is 0 Å². The lowest BCUT2D eigenvalue weighted by molar-refractivity contribution is 0.901. The maximum Gasteiger partial charge on any atom is 0.140 e. The van der Waals surface area contributed by atoms with Gasteiger partial charge in [-0.05, 0) is 30.7 Å². The molecular formula is C15H16N4S. The van der Waals surface area contributed by atoms with Crippen molar-refractivity contribution in [3.63, 3.8) is 0 Å². The molecule has 2 heterocycles. The van der Waals surface area contributed by atoms with Gasteiger partial charge in [-0.15, -0.1) is 11.3 Å². The smallest absolute Gasteiger partial charge is 0.140 e. The predicted octanol–water partition coefficient (Wildman–Crippen LogP) is 3.22. The van der Waals surface area contributed by atoms with Crippen LogP contribution in [0.2, 0.25) is 0 Å². The van der Waals surface area contributed by atoms with Crippen molar-refractivity contribution >= 4 is 33.1 Å². The fourth-order valence-electron chi connectivity index (χ4n) is 2.24. The summed E-state index contributed by atoms with van der Waals surface area (Å²) in [5.74, 6) is 0.969. The van der Waals surface area contributed by atoms with E-state index in [1.807, 2.05) is 31.3 Å². The number of aromatic nitrogens is 2. The SMILES string of the molecule is Cc1cc2c(N(C)Cc3ccc(N)cc3)ncnc2s1. The van der Waals surface area contributed by atoms with Gasteiger partial charge in [0.1, 0.15) is 17.0 Å². The molecule has 0 saturated carbocycles. The first-order valence-electron chi connectivity index (χ1n) is 6.40. The quantitative estimate of drug-likeness (QED) is 0.750. The number of rotatable bonds is 3. The molecule has 0 fully saturated rings. The zero-order valence-electron chi connectivity index (χ0n) is 11.5. The highest BCUT2D eigenvalue weighted by Crippen LogP contribution is 2.29. The Kier molecular flexibility index (Phi) is 3.28. The topological polar surface area (TPSA) is 55.0 Å². The third kappa shape index (κ3) is 2.44. The maximum atomic E-state index is 5.71. The standard InChI is InChI=1S/C15H16N4S/c1-10-7-13-14(17-9-18-15(13)20-10)19(2)8-11-3-5-12(16)6-4-11/h3-7,9H,8,16H2,1-2H3. The summed E-state index contributed by atoms with van der Waals surface area (Å²) in [6.45, 7) is 2.89. The second-order valence-corrected chi connectivity index (χ2v) is 6.11. The first kappa shape index (κ1) is 12.9. The van der Waals surface area contributed by atoms with E-state index in [0.717, 1.165) is 28.3 Å². The van der Waals surface area contributed by atoms with Gasteiger partial charge in [0.2, 0.25) is 0 Å². The summed E-state index contributed by atoms with van der Waals surface area (Å²) in [7, 11) is 2.05. The monoisotopic (exact) mass is 284 g/mol. The van der Waals surface area contributed by atoms with Crippen molar-refractivity contribution in [2.24, 2.45) is 0 Å². The highest BCUT2D eigenvalue weighted by molar-refractivity contribution is 7.18. The van der Waals surface area contributed by atoms with E-state index in [1.54, 1.807) is 17.7 Å². The van der Waals surface area contributed by atoms with Gasteiger partial charge < -0.3 is 10.6 Å². The summed E-state index contributed by atoms with van der Waals surface area (Å²) in [6.07, 6.45) is 1.63. The lowest BCUT2D eigenvalue weighted by atomic mass is 10.2. The van der Waals surface area contributed by atoms with Crippen LogP contribution in [0.15, 0.2) is 36.7 Å². The molecule has 4 nitrogen and oxygen atoms in total. The van der Waals surface area contributed by atoms with Crippen molar-refractivity contribution in [1.29, 1.82) is 0 Å². The average Bonchev–Trinajstić information content (AvgIpc) is 2.81. The second kappa shape index (κ2) is 5.09. The third-order valence-corrected chi connectivity index (χ3v) is 4.15.